The van der Waals surface area contributed by atoms with Gasteiger partial charge >= 0.3 is 6.72 Å². The molecule has 4 rings (SSSR count). The Kier molecular flexibility index (Phi) is 7.43. The van der Waals surface area contributed by atoms with Gasteiger partial charge in [-0.2, -0.15) is 0 Å². The molecule has 3 fully saturated rings. The van der Waals surface area contributed by atoms with Crippen LogP contribution in [0.5, 0.6) is 0 Å². The van der Waals surface area contributed by atoms with E-state index in [1.807, 2.05) is 0 Å². The molecule has 0 aromatic heterocycles. The zero-order chi connectivity index (χ0) is 23.3. The third-order valence-corrected chi connectivity index (χ3v) is 11.4. The predicted octanol–water partition coefficient (Wildman–Crippen LogP) is 7.62. The highest BCUT2D eigenvalue weighted by molar-refractivity contribution is 8.06. The van der Waals surface area contributed by atoms with E-state index in [9.17, 15) is 9.79 Å². The highest BCUT2D eigenvalue weighted by atomic mass is 32.5. The van der Waals surface area contributed by atoms with Gasteiger partial charge in [0.25, 0.3) is 0 Å². The van der Waals surface area contributed by atoms with E-state index >= 15 is 0 Å². The van der Waals surface area contributed by atoms with E-state index in [1.165, 1.54) is 56.9 Å². The van der Waals surface area contributed by atoms with Crippen molar-refractivity contribution in [2.45, 2.75) is 111 Å². The van der Waals surface area contributed by atoms with Gasteiger partial charge in [0.05, 0.1) is 6.10 Å². The van der Waals surface area contributed by atoms with Crippen LogP contribution in [0.25, 0.3) is 0 Å². The SMILES string of the molecule is CC(C)CCC[C@@H](C)[C@H]1CC[C@H]2[C@@H]3CC=C4C[C@@H](OP(O)(O)=S)CC[C@]4(C)[C@H]3CC[C@]12C. The highest BCUT2D eigenvalue weighted by Gasteiger charge is 2.59. The average Bonchev–Trinajstić information content (AvgIpc) is 3.04. The normalized spacial score (nSPS) is 42.8. The van der Waals surface area contributed by atoms with Gasteiger partial charge in [0.15, 0.2) is 0 Å². The molecule has 8 atom stereocenters. The van der Waals surface area contributed by atoms with Crippen LogP contribution in [0.1, 0.15) is 105 Å². The lowest BCUT2D eigenvalue weighted by molar-refractivity contribution is -0.0563. The first kappa shape index (κ1) is 25.4. The highest BCUT2D eigenvalue weighted by Crippen LogP contribution is 2.67. The summed E-state index contributed by atoms with van der Waals surface area (Å²) >= 11 is 4.75. The molecule has 0 aromatic carbocycles. The minimum absolute atomic E-state index is 0.122. The number of hydrogen-bond donors (Lipinski definition) is 2. The third-order valence-electron chi connectivity index (χ3n) is 10.5. The maximum atomic E-state index is 9.64. The van der Waals surface area contributed by atoms with Crippen molar-refractivity contribution >= 4 is 18.5 Å². The van der Waals surface area contributed by atoms with E-state index in [0.29, 0.717) is 5.41 Å². The summed E-state index contributed by atoms with van der Waals surface area (Å²) in [7, 11) is 0. The van der Waals surface area contributed by atoms with Gasteiger partial charge in [0.2, 0.25) is 0 Å². The average molecular weight is 483 g/mol. The van der Waals surface area contributed by atoms with E-state index in [2.05, 4.69) is 40.7 Å². The van der Waals surface area contributed by atoms with Crippen LogP contribution in [0, 0.1) is 46.3 Å². The molecule has 0 spiro atoms. The summed E-state index contributed by atoms with van der Waals surface area (Å²) in [4.78, 5) is 19.3. The van der Waals surface area contributed by atoms with E-state index in [1.54, 1.807) is 0 Å². The molecule has 0 saturated heterocycles. The lowest BCUT2D eigenvalue weighted by Gasteiger charge is -2.58. The molecular formula is C27H47O3PS. The molecule has 0 bridgehead atoms. The van der Waals surface area contributed by atoms with Crippen LogP contribution < -0.4 is 0 Å². The molecule has 4 aliphatic rings. The Bertz CT molecular complexity index is 760. The Hall–Kier alpha value is 0.270. The summed E-state index contributed by atoms with van der Waals surface area (Å²) < 4.78 is 5.48. The van der Waals surface area contributed by atoms with Gasteiger partial charge in [-0.25, -0.2) is 0 Å². The molecule has 0 aliphatic heterocycles. The molecule has 3 nitrogen and oxygen atoms in total. The smallest absolute Gasteiger partial charge is 0.322 e. The summed E-state index contributed by atoms with van der Waals surface area (Å²) in [6, 6.07) is 0. The molecule has 0 amide bonds. The monoisotopic (exact) mass is 482 g/mol. The van der Waals surface area contributed by atoms with Crippen molar-refractivity contribution in [1.82, 2.24) is 0 Å². The molecule has 0 radical (unpaired) electrons. The van der Waals surface area contributed by atoms with Gasteiger partial charge in [-0.15, -0.1) is 0 Å². The fourth-order valence-corrected chi connectivity index (χ4v) is 9.87. The van der Waals surface area contributed by atoms with E-state index in [0.717, 1.165) is 54.8 Å². The molecule has 3 saturated carbocycles. The van der Waals surface area contributed by atoms with Gasteiger partial charge in [-0.1, -0.05) is 65.5 Å². The minimum atomic E-state index is -3.58. The van der Waals surface area contributed by atoms with Crippen LogP contribution in [0.3, 0.4) is 0 Å². The largest absolute Gasteiger partial charge is 0.325 e. The van der Waals surface area contributed by atoms with Crippen LogP contribution in [0.2, 0.25) is 0 Å². The Balaban J connectivity index is 1.46. The molecule has 0 aromatic rings. The van der Waals surface area contributed by atoms with Crippen LogP contribution in [-0.4, -0.2) is 15.9 Å². The van der Waals surface area contributed by atoms with Crippen molar-refractivity contribution < 1.29 is 14.3 Å². The second kappa shape index (κ2) is 9.38. The molecular weight excluding hydrogens is 435 g/mol. The number of rotatable bonds is 7. The number of fused-ring (bicyclic) bond motifs is 5. The second-order valence-electron chi connectivity index (χ2n) is 12.8. The number of hydrogen-bond acceptors (Lipinski definition) is 2. The van der Waals surface area contributed by atoms with Crippen LogP contribution in [-0.2, 0) is 16.3 Å². The lowest BCUT2D eigenvalue weighted by Crippen LogP contribution is -2.50. The minimum Gasteiger partial charge on any atom is -0.325 e. The number of allylic oxidation sites excluding steroid dienone is 1. The second-order valence-corrected chi connectivity index (χ2v) is 15.4. The quantitative estimate of drug-likeness (QED) is 0.289. The van der Waals surface area contributed by atoms with E-state index < -0.39 is 6.72 Å². The summed E-state index contributed by atoms with van der Waals surface area (Å²) in [5.74, 6) is 5.08. The summed E-state index contributed by atoms with van der Waals surface area (Å²) in [6.07, 6.45) is 16.2. The van der Waals surface area contributed by atoms with Gasteiger partial charge < -0.3 is 14.3 Å². The molecule has 184 valence electrons. The molecule has 4 aliphatic carbocycles. The standard InChI is InChI=1S/C27H47O3PS/c1-18(2)7-6-8-19(3)23-11-12-24-22-10-9-20-17-21(30-31(28,29)32)13-15-26(20,4)25(22)14-16-27(23,24)5/h9,18-19,21-25H,6-8,10-17H2,1-5H3,(H2,28,29,32)/t19-,21+,22+,23-,24+,25+,26+,27-/m1/s1. The third kappa shape index (κ3) is 4.83. The predicted molar refractivity (Wildman–Crippen MR) is 137 cm³/mol. The molecule has 0 unspecified atom stereocenters. The molecule has 32 heavy (non-hydrogen) atoms. The Morgan fingerprint density at radius 3 is 2.50 bits per heavy atom. The summed E-state index contributed by atoms with van der Waals surface area (Å²) in [6.45, 7) is 8.84. The van der Waals surface area contributed by atoms with Gasteiger partial charge in [-0.05, 0) is 110 Å². The van der Waals surface area contributed by atoms with Crippen LogP contribution in [0.4, 0.5) is 0 Å². The van der Waals surface area contributed by atoms with Gasteiger partial charge in [0, 0.05) is 0 Å². The van der Waals surface area contributed by atoms with Crippen molar-refractivity contribution in [3.8, 4) is 0 Å². The molecule has 5 heteroatoms. The van der Waals surface area contributed by atoms with E-state index in [-0.39, 0.29) is 11.5 Å². The van der Waals surface area contributed by atoms with Crippen molar-refractivity contribution in [1.29, 1.82) is 0 Å². The molecule has 2 N–H and O–H groups in total. The zero-order valence-corrected chi connectivity index (χ0v) is 22.8. The van der Waals surface area contributed by atoms with Gasteiger partial charge in [-0.3, -0.25) is 0 Å². The van der Waals surface area contributed by atoms with E-state index in [4.69, 9.17) is 16.3 Å². The lowest BCUT2D eigenvalue weighted by atomic mass is 9.47. The first-order valence-corrected chi connectivity index (χ1v) is 16.0. The van der Waals surface area contributed by atoms with Gasteiger partial charge in [0.1, 0.15) is 0 Å². The summed E-state index contributed by atoms with van der Waals surface area (Å²) in [5, 5.41) is 0. The molecule has 0 heterocycles. The fourth-order valence-electron chi connectivity index (χ4n) is 8.94. The first-order chi connectivity index (χ1) is 14.9. The maximum absolute atomic E-state index is 9.64. The maximum Gasteiger partial charge on any atom is 0.322 e. The Morgan fingerprint density at radius 1 is 1.06 bits per heavy atom. The Labute approximate surface area is 202 Å². The van der Waals surface area contributed by atoms with Crippen LogP contribution in [0.15, 0.2) is 11.6 Å². The van der Waals surface area contributed by atoms with Crippen LogP contribution >= 0.6 is 6.72 Å². The first-order valence-electron chi connectivity index (χ1n) is 13.4. The van der Waals surface area contributed by atoms with Crippen molar-refractivity contribution in [2.75, 3.05) is 0 Å². The Morgan fingerprint density at radius 2 is 1.81 bits per heavy atom. The topological polar surface area (TPSA) is 49.7 Å². The fraction of sp³-hybridized carbons (Fsp3) is 0.926. The van der Waals surface area contributed by atoms with Crippen molar-refractivity contribution in [3.63, 3.8) is 0 Å². The summed E-state index contributed by atoms with van der Waals surface area (Å²) in [5.41, 5.74) is 2.30. The van der Waals surface area contributed by atoms with Crippen molar-refractivity contribution in [3.05, 3.63) is 11.6 Å². The van der Waals surface area contributed by atoms with Crippen molar-refractivity contribution in [2.24, 2.45) is 46.3 Å². The zero-order valence-electron chi connectivity index (χ0n) is 21.1.